The Morgan fingerprint density at radius 2 is 1.74 bits per heavy atom. The highest BCUT2D eigenvalue weighted by molar-refractivity contribution is 5.68. The van der Waals surface area contributed by atoms with Gasteiger partial charge in [-0.2, -0.15) is 18.2 Å². The van der Waals surface area contributed by atoms with Gasteiger partial charge in [0.1, 0.15) is 11.6 Å². The Hall–Kier alpha value is -3.98. The second kappa shape index (κ2) is 10.8. The zero-order valence-corrected chi connectivity index (χ0v) is 21.0. The number of fused-ring (bicyclic) bond motifs is 1. The van der Waals surface area contributed by atoms with Gasteiger partial charge in [0.15, 0.2) is 5.69 Å². The molecule has 0 radical (unpaired) electrons. The molecule has 1 aliphatic rings. The van der Waals surface area contributed by atoms with Gasteiger partial charge in [0, 0.05) is 30.8 Å². The van der Waals surface area contributed by atoms with E-state index in [1.165, 1.54) is 0 Å². The molecule has 3 heterocycles. The second-order valence-electron chi connectivity index (χ2n) is 9.51. The summed E-state index contributed by atoms with van der Waals surface area (Å²) in [6.45, 7) is 2.82. The fourth-order valence-electron chi connectivity index (χ4n) is 4.72. The smallest absolute Gasteiger partial charge is 0.351 e. The second-order valence-corrected chi connectivity index (χ2v) is 9.51. The van der Waals surface area contributed by atoms with E-state index in [-0.39, 0.29) is 17.8 Å². The monoisotopic (exact) mass is 518 g/mol. The molecule has 4 aromatic rings. The fraction of sp³-hybridized carbons (Fsp3) is 0.276. The summed E-state index contributed by atoms with van der Waals surface area (Å²) in [5.41, 5.74) is 9.45. The van der Waals surface area contributed by atoms with E-state index in [1.54, 1.807) is 4.90 Å². The lowest BCUT2D eigenvalue weighted by atomic mass is 10.0. The molecule has 3 N–H and O–H groups in total. The molecule has 0 saturated heterocycles. The molecule has 0 amide bonds. The highest BCUT2D eigenvalue weighted by Crippen LogP contribution is 2.36. The first kappa shape index (κ1) is 25.7. The minimum atomic E-state index is -4.62. The van der Waals surface area contributed by atoms with Crippen LogP contribution in [0.15, 0.2) is 72.8 Å². The molecule has 6 nitrogen and oxygen atoms in total. The number of nitrogens with zero attached hydrogens (tertiary/aromatic N) is 4. The number of hydrogen-bond donors (Lipinski definition) is 2. The third-order valence-electron chi connectivity index (χ3n) is 6.53. The molecule has 2 aromatic heterocycles. The lowest BCUT2D eigenvalue weighted by molar-refractivity contribution is -0.141. The van der Waals surface area contributed by atoms with Crippen LogP contribution >= 0.6 is 0 Å². The van der Waals surface area contributed by atoms with E-state index in [1.807, 2.05) is 73.7 Å². The van der Waals surface area contributed by atoms with Gasteiger partial charge in [-0.1, -0.05) is 60.7 Å². The van der Waals surface area contributed by atoms with E-state index in [2.05, 4.69) is 15.3 Å². The summed E-state index contributed by atoms with van der Waals surface area (Å²) < 4.78 is 41.7. The summed E-state index contributed by atoms with van der Waals surface area (Å²) in [7, 11) is 0. The maximum absolute atomic E-state index is 13.9. The van der Waals surface area contributed by atoms with Gasteiger partial charge in [-0.3, -0.25) is 0 Å². The summed E-state index contributed by atoms with van der Waals surface area (Å²) in [5.74, 6) is 0.733. The fourth-order valence-corrected chi connectivity index (χ4v) is 4.72. The van der Waals surface area contributed by atoms with Gasteiger partial charge in [0.2, 0.25) is 5.95 Å². The largest absolute Gasteiger partial charge is 0.433 e. The molecule has 1 aliphatic heterocycles. The molecule has 0 spiro atoms. The number of hydrogen-bond acceptors (Lipinski definition) is 6. The molecule has 1 unspecified atom stereocenters. The Bertz CT molecular complexity index is 1410. The van der Waals surface area contributed by atoms with Gasteiger partial charge in [-0.25, -0.2) is 9.97 Å². The van der Waals surface area contributed by atoms with Crippen LogP contribution in [0.1, 0.15) is 35.7 Å². The number of pyridine rings is 1. The first-order valence-corrected chi connectivity index (χ1v) is 12.6. The number of nitrogens with two attached hydrogens (primary N) is 1. The number of nitrogens with one attached hydrogen (secondary N) is 1. The van der Waals surface area contributed by atoms with E-state index < -0.39 is 11.9 Å². The van der Waals surface area contributed by atoms with Crippen molar-refractivity contribution in [2.45, 2.75) is 44.9 Å². The molecule has 38 heavy (non-hydrogen) atoms. The number of rotatable bonds is 7. The SMILES string of the molecule is CC(Cc1cccc(CN)c1)Nc1nc(N2CCCc3ccc(-c4ccccc4)nc32)cc(C(F)(F)F)n1. The number of aryl methyl sites for hydroxylation is 1. The van der Waals surface area contributed by atoms with Gasteiger partial charge < -0.3 is 16.0 Å². The molecule has 5 rings (SSSR count). The first-order chi connectivity index (χ1) is 18.3. The normalized spacial score (nSPS) is 14.2. The van der Waals surface area contributed by atoms with Crippen LogP contribution in [0.4, 0.5) is 30.8 Å². The maximum atomic E-state index is 13.9. The van der Waals surface area contributed by atoms with E-state index in [9.17, 15) is 13.2 Å². The Morgan fingerprint density at radius 1 is 0.947 bits per heavy atom. The Kier molecular flexibility index (Phi) is 7.28. The highest BCUT2D eigenvalue weighted by atomic mass is 19.4. The molecule has 2 aromatic carbocycles. The Morgan fingerprint density at radius 3 is 2.50 bits per heavy atom. The summed E-state index contributed by atoms with van der Waals surface area (Å²) in [6, 6.07) is 22.3. The zero-order chi connectivity index (χ0) is 26.7. The number of halogens is 3. The lowest BCUT2D eigenvalue weighted by Crippen LogP contribution is -2.28. The maximum Gasteiger partial charge on any atom is 0.433 e. The van der Waals surface area contributed by atoms with Crippen molar-refractivity contribution in [2.75, 3.05) is 16.8 Å². The van der Waals surface area contributed by atoms with Gasteiger partial charge in [0.05, 0.1) is 5.69 Å². The molecule has 0 fully saturated rings. The molecule has 0 saturated carbocycles. The Labute approximate surface area is 219 Å². The molecular weight excluding hydrogens is 489 g/mol. The molecule has 9 heteroatoms. The molecule has 0 bridgehead atoms. The van der Waals surface area contributed by atoms with Gasteiger partial charge >= 0.3 is 6.18 Å². The average molecular weight is 519 g/mol. The number of aromatic nitrogens is 3. The van der Waals surface area contributed by atoms with Gasteiger partial charge in [-0.05, 0) is 48.9 Å². The van der Waals surface area contributed by atoms with Crippen molar-refractivity contribution in [3.63, 3.8) is 0 Å². The zero-order valence-electron chi connectivity index (χ0n) is 21.0. The van der Waals surface area contributed by atoms with Crippen molar-refractivity contribution in [1.29, 1.82) is 0 Å². The third kappa shape index (κ3) is 5.78. The van der Waals surface area contributed by atoms with E-state index in [0.717, 1.165) is 46.9 Å². The third-order valence-corrected chi connectivity index (χ3v) is 6.53. The van der Waals surface area contributed by atoms with Crippen LogP contribution in [-0.2, 0) is 25.6 Å². The molecule has 0 aliphatic carbocycles. The molecule has 196 valence electrons. The van der Waals surface area contributed by atoms with Crippen LogP contribution < -0.4 is 16.0 Å². The van der Waals surface area contributed by atoms with Crippen LogP contribution in [0.25, 0.3) is 11.3 Å². The standard InChI is InChI=1S/C29H29F3N6/c1-19(15-20-7-5-8-21(16-20)18-33)34-28-36-25(29(30,31)32)17-26(37-28)38-14-6-11-23-12-13-24(35-27(23)38)22-9-3-2-4-10-22/h2-5,7-10,12-13,16-17,19H,6,11,14-15,18,33H2,1H3,(H,34,36,37). The predicted molar refractivity (Wildman–Crippen MR) is 143 cm³/mol. The van der Waals surface area contributed by atoms with Gasteiger partial charge in [0.25, 0.3) is 0 Å². The number of anilines is 3. The van der Waals surface area contributed by atoms with Crippen molar-refractivity contribution in [3.8, 4) is 11.3 Å². The predicted octanol–water partition coefficient (Wildman–Crippen LogP) is 6.14. The van der Waals surface area contributed by atoms with Crippen molar-refractivity contribution in [1.82, 2.24) is 15.0 Å². The van der Waals surface area contributed by atoms with Crippen LogP contribution in [0.3, 0.4) is 0 Å². The van der Waals surface area contributed by atoms with E-state index >= 15 is 0 Å². The minimum Gasteiger partial charge on any atom is -0.351 e. The summed E-state index contributed by atoms with van der Waals surface area (Å²) in [4.78, 5) is 15.0. The van der Waals surface area contributed by atoms with Crippen LogP contribution in [-0.4, -0.2) is 27.5 Å². The number of alkyl halides is 3. The average Bonchev–Trinajstić information content (AvgIpc) is 2.92. The van der Waals surface area contributed by atoms with Crippen LogP contribution in [0.2, 0.25) is 0 Å². The quantitative estimate of drug-likeness (QED) is 0.306. The minimum absolute atomic E-state index is 0.0661. The van der Waals surface area contributed by atoms with Crippen molar-refractivity contribution < 1.29 is 13.2 Å². The van der Waals surface area contributed by atoms with Crippen molar-refractivity contribution >= 4 is 17.6 Å². The van der Waals surface area contributed by atoms with Crippen molar-refractivity contribution in [2.24, 2.45) is 5.73 Å². The first-order valence-electron chi connectivity index (χ1n) is 12.6. The van der Waals surface area contributed by atoms with E-state index in [4.69, 9.17) is 10.7 Å². The molecular formula is C29H29F3N6. The topological polar surface area (TPSA) is 80.0 Å². The summed E-state index contributed by atoms with van der Waals surface area (Å²) in [6.07, 6.45) is -2.46. The summed E-state index contributed by atoms with van der Waals surface area (Å²) >= 11 is 0. The number of benzene rings is 2. The lowest BCUT2D eigenvalue weighted by Gasteiger charge is -2.30. The van der Waals surface area contributed by atoms with Gasteiger partial charge in [-0.15, -0.1) is 0 Å². The van der Waals surface area contributed by atoms with Crippen molar-refractivity contribution in [3.05, 3.63) is 95.2 Å². The highest BCUT2D eigenvalue weighted by Gasteiger charge is 2.35. The van der Waals surface area contributed by atoms with Crippen LogP contribution in [0.5, 0.6) is 0 Å². The summed E-state index contributed by atoms with van der Waals surface area (Å²) in [5, 5.41) is 3.08. The Balaban J connectivity index is 1.48. The van der Waals surface area contributed by atoms with Crippen LogP contribution in [0, 0.1) is 0 Å². The molecule has 1 atom stereocenters. The van der Waals surface area contributed by atoms with E-state index in [0.29, 0.717) is 25.3 Å².